The van der Waals surface area contributed by atoms with Crippen molar-refractivity contribution < 1.29 is 23.7 Å². The Labute approximate surface area is 191 Å². The van der Waals surface area contributed by atoms with Crippen molar-refractivity contribution in [3.63, 3.8) is 0 Å². The van der Waals surface area contributed by atoms with Gasteiger partial charge in [0, 0.05) is 19.8 Å². The molecule has 2 aliphatic heterocycles. The summed E-state index contributed by atoms with van der Waals surface area (Å²) in [5, 5.41) is 0. The lowest BCUT2D eigenvalue weighted by Gasteiger charge is -2.38. The van der Waals surface area contributed by atoms with E-state index < -0.39 is 0 Å². The number of ether oxygens (including phenoxy) is 5. The molecule has 4 unspecified atom stereocenters. The van der Waals surface area contributed by atoms with Gasteiger partial charge >= 0.3 is 0 Å². The smallest absolute Gasteiger partial charge is 0.104 e. The topological polar surface area (TPSA) is 52.8 Å². The van der Waals surface area contributed by atoms with Gasteiger partial charge in [0.2, 0.25) is 0 Å². The summed E-state index contributed by atoms with van der Waals surface area (Å²) in [7, 11) is 0. The number of hydrogen-bond donors (Lipinski definition) is 0. The van der Waals surface area contributed by atoms with Crippen LogP contribution in [-0.4, -0.2) is 64.1 Å². The summed E-state index contributed by atoms with van der Waals surface area (Å²) >= 11 is 0. The molecule has 2 heterocycles. The zero-order valence-electron chi connectivity index (χ0n) is 20.7. The Morgan fingerprint density at radius 2 is 1.32 bits per heavy atom. The molecule has 0 bridgehead atoms. The molecule has 0 saturated carbocycles. The SMILES string of the molecule is CCCCCCCCC(CCCOCC1CO1)C(C)(CCCOCC1CO1)OCCC. The van der Waals surface area contributed by atoms with Crippen LogP contribution in [0, 0.1) is 5.92 Å². The van der Waals surface area contributed by atoms with Gasteiger partial charge in [-0.15, -0.1) is 0 Å². The molecule has 5 heteroatoms. The third-order valence-corrected chi connectivity index (χ3v) is 6.62. The summed E-state index contributed by atoms with van der Waals surface area (Å²) in [4.78, 5) is 0. The van der Waals surface area contributed by atoms with Crippen LogP contribution in [0.3, 0.4) is 0 Å². The van der Waals surface area contributed by atoms with Gasteiger partial charge in [0.05, 0.1) is 32.0 Å². The molecule has 0 amide bonds. The summed E-state index contributed by atoms with van der Waals surface area (Å²) in [6.07, 6.45) is 15.5. The van der Waals surface area contributed by atoms with Crippen molar-refractivity contribution in [1.29, 1.82) is 0 Å². The Morgan fingerprint density at radius 1 is 0.742 bits per heavy atom. The molecular weight excluding hydrogens is 392 g/mol. The molecule has 2 saturated heterocycles. The first-order valence-electron chi connectivity index (χ1n) is 13.2. The molecule has 2 aliphatic rings. The molecule has 5 nitrogen and oxygen atoms in total. The van der Waals surface area contributed by atoms with E-state index in [9.17, 15) is 0 Å². The molecule has 0 aromatic heterocycles. The molecule has 2 fully saturated rings. The largest absolute Gasteiger partial charge is 0.379 e. The highest BCUT2D eigenvalue weighted by Gasteiger charge is 2.34. The van der Waals surface area contributed by atoms with Gasteiger partial charge in [0.25, 0.3) is 0 Å². The number of unbranched alkanes of at least 4 members (excludes halogenated alkanes) is 5. The first kappa shape index (κ1) is 27.0. The van der Waals surface area contributed by atoms with Crippen LogP contribution in [0.25, 0.3) is 0 Å². The molecule has 4 atom stereocenters. The van der Waals surface area contributed by atoms with Gasteiger partial charge in [-0.3, -0.25) is 0 Å². The second-order valence-electron chi connectivity index (χ2n) is 9.72. The van der Waals surface area contributed by atoms with E-state index in [1.807, 2.05) is 0 Å². The van der Waals surface area contributed by atoms with Crippen molar-refractivity contribution in [3.8, 4) is 0 Å². The Hall–Kier alpha value is -0.200. The minimum Gasteiger partial charge on any atom is -0.379 e. The second-order valence-corrected chi connectivity index (χ2v) is 9.72. The van der Waals surface area contributed by atoms with Crippen molar-refractivity contribution in [1.82, 2.24) is 0 Å². The van der Waals surface area contributed by atoms with E-state index in [0.29, 0.717) is 18.1 Å². The highest BCUT2D eigenvalue weighted by Crippen LogP contribution is 2.35. The van der Waals surface area contributed by atoms with Gasteiger partial charge in [-0.05, 0) is 51.4 Å². The Balaban J connectivity index is 1.77. The molecular formula is C26H50O5. The molecule has 0 aromatic rings. The number of epoxide rings is 2. The fourth-order valence-electron chi connectivity index (χ4n) is 4.37. The van der Waals surface area contributed by atoms with Gasteiger partial charge in [-0.1, -0.05) is 52.4 Å². The van der Waals surface area contributed by atoms with Crippen LogP contribution in [0.1, 0.15) is 97.8 Å². The fourth-order valence-corrected chi connectivity index (χ4v) is 4.37. The lowest BCUT2D eigenvalue weighted by molar-refractivity contribution is -0.0901. The predicted octanol–water partition coefficient (Wildman–Crippen LogP) is 5.93. The van der Waals surface area contributed by atoms with Crippen LogP contribution in [0.2, 0.25) is 0 Å². The van der Waals surface area contributed by atoms with Crippen LogP contribution < -0.4 is 0 Å². The van der Waals surface area contributed by atoms with Crippen LogP contribution in [0.4, 0.5) is 0 Å². The average Bonchev–Trinajstić information content (AvgIpc) is 3.68. The minimum atomic E-state index is -0.0710. The minimum absolute atomic E-state index is 0.0710. The van der Waals surface area contributed by atoms with Crippen LogP contribution in [0.5, 0.6) is 0 Å². The first-order chi connectivity index (χ1) is 15.2. The highest BCUT2D eigenvalue weighted by atomic mass is 16.6. The Bertz CT molecular complexity index is 424. The summed E-state index contributed by atoms with van der Waals surface area (Å²) in [5.74, 6) is 0.581. The normalized spacial score (nSPS) is 22.9. The van der Waals surface area contributed by atoms with Gasteiger partial charge in [-0.25, -0.2) is 0 Å². The lowest BCUT2D eigenvalue weighted by Crippen LogP contribution is -2.39. The summed E-state index contributed by atoms with van der Waals surface area (Å²) < 4.78 is 28.6. The number of hydrogen-bond acceptors (Lipinski definition) is 5. The third-order valence-electron chi connectivity index (χ3n) is 6.62. The van der Waals surface area contributed by atoms with Gasteiger partial charge < -0.3 is 23.7 Å². The van der Waals surface area contributed by atoms with E-state index in [2.05, 4.69) is 20.8 Å². The molecule has 0 aliphatic carbocycles. The average molecular weight is 443 g/mol. The van der Waals surface area contributed by atoms with E-state index in [-0.39, 0.29) is 5.60 Å². The van der Waals surface area contributed by atoms with Gasteiger partial charge in [0.1, 0.15) is 12.2 Å². The maximum Gasteiger partial charge on any atom is 0.104 e. The van der Waals surface area contributed by atoms with Crippen molar-refractivity contribution in [3.05, 3.63) is 0 Å². The molecule has 184 valence electrons. The monoisotopic (exact) mass is 442 g/mol. The Kier molecular flexibility index (Phi) is 14.3. The molecule has 0 aromatic carbocycles. The molecule has 0 spiro atoms. The van der Waals surface area contributed by atoms with Gasteiger partial charge in [-0.2, -0.15) is 0 Å². The highest BCUT2D eigenvalue weighted by molar-refractivity contribution is 4.85. The van der Waals surface area contributed by atoms with Crippen LogP contribution >= 0.6 is 0 Å². The quantitative estimate of drug-likeness (QED) is 0.145. The number of rotatable bonds is 23. The zero-order valence-corrected chi connectivity index (χ0v) is 20.7. The van der Waals surface area contributed by atoms with E-state index in [1.165, 1.54) is 51.4 Å². The van der Waals surface area contributed by atoms with Crippen molar-refractivity contribution in [2.45, 2.75) is 116 Å². The van der Waals surface area contributed by atoms with Crippen LogP contribution in [-0.2, 0) is 23.7 Å². The van der Waals surface area contributed by atoms with Crippen molar-refractivity contribution >= 4 is 0 Å². The molecule has 31 heavy (non-hydrogen) atoms. The summed E-state index contributed by atoms with van der Waals surface area (Å²) in [5.41, 5.74) is -0.0710. The van der Waals surface area contributed by atoms with Crippen molar-refractivity contribution in [2.75, 3.05) is 46.2 Å². The maximum atomic E-state index is 6.54. The standard InChI is InChI=1S/C26H50O5/c1-4-6-7-8-9-10-13-23(14-11-17-27-19-24-21-29-24)26(3,31-16-5-2)15-12-18-28-20-25-22-30-25/h23-25H,4-22H2,1-3H3. The molecule has 0 N–H and O–H groups in total. The maximum absolute atomic E-state index is 6.54. The van der Waals surface area contributed by atoms with E-state index >= 15 is 0 Å². The molecule has 2 rings (SSSR count). The second kappa shape index (κ2) is 16.4. The zero-order chi connectivity index (χ0) is 22.2. The van der Waals surface area contributed by atoms with E-state index in [1.54, 1.807) is 0 Å². The first-order valence-corrected chi connectivity index (χ1v) is 13.2. The summed E-state index contributed by atoms with van der Waals surface area (Å²) in [6, 6.07) is 0. The van der Waals surface area contributed by atoms with Crippen molar-refractivity contribution in [2.24, 2.45) is 5.92 Å². The van der Waals surface area contributed by atoms with Gasteiger partial charge in [0.15, 0.2) is 0 Å². The lowest BCUT2D eigenvalue weighted by atomic mass is 9.78. The van der Waals surface area contributed by atoms with Crippen LogP contribution in [0.15, 0.2) is 0 Å². The Morgan fingerprint density at radius 3 is 1.94 bits per heavy atom. The fraction of sp³-hybridized carbons (Fsp3) is 1.00. The summed E-state index contributed by atoms with van der Waals surface area (Å²) in [6.45, 7) is 12.6. The third kappa shape index (κ3) is 13.2. The van der Waals surface area contributed by atoms with E-state index in [4.69, 9.17) is 23.7 Å². The molecule has 0 radical (unpaired) electrons. The van der Waals surface area contributed by atoms with E-state index in [0.717, 1.165) is 71.9 Å². The predicted molar refractivity (Wildman–Crippen MR) is 126 cm³/mol.